The van der Waals surface area contributed by atoms with E-state index in [4.69, 9.17) is 17.3 Å². The van der Waals surface area contributed by atoms with Crippen molar-refractivity contribution in [2.75, 3.05) is 0 Å². The summed E-state index contributed by atoms with van der Waals surface area (Å²) in [6.07, 6.45) is 0.968. The Hall–Kier alpha value is -0.480. The Balaban J connectivity index is 2.27. The molecule has 0 bridgehead atoms. The summed E-state index contributed by atoms with van der Waals surface area (Å²) in [6, 6.07) is 10.3. The Morgan fingerprint density at radius 1 is 1.37 bits per heavy atom. The lowest BCUT2D eigenvalue weighted by molar-refractivity contribution is 0.638. The van der Waals surface area contributed by atoms with Crippen LogP contribution >= 0.6 is 34.7 Å². The highest BCUT2D eigenvalue weighted by molar-refractivity contribution is 7.99. The van der Waals surface area contributed by atoms with E-state index in [1.54, 1.807) is 11.3 Å². The van der Waals surface area contributed by atoms with Gasteiger partial charge in [0.05, 0.1) is 5.25 Å². The molecule has 2 unspecified atom stereocenters. The van der Waals surface area contributed by atoms with E-state index in [9.17, 15) is 0 Å². The van der Waals surface area contributed by atoms with Gasteiger partial charge in [0.25, 0.3) is 0 Å². The predicted octanol–water partition coefficient (Wildman–Crippen LogP) is 5.28. The van der Waals surface area contributed by atoms with Gasteiger partial charge in [0.2, 0.25) is 0 Å². The molecule has 4 heteroatoms. The Labute approximate surface area is 128 Å². The highest BCUT2D eigenvalue weighted by atomic mass is 35.5. The van der Waals surface area contributed by atoms with E-state index in [1.165, 1.54) is 15.3 Å². The Bertz CT molecular complexity index is 538. The Morgan fingerprint density at radius 3 is 2.74 bits per heavy atom. The lowest BCUT2D eigenvalue weighted by Crippen LogP contribution is -2.25. The van der Waals surface area contributed by atoms with Crippen molar-refractivity contribution in [3.05, 3.63) is 51.2 Å². The maximum absolute atomic E-state index is 6.32. The van der Waals surface area contributed by atoms with Gasteiger partial charge in [0.1, 0.15) is 0 Å². The van der Waals surface area contributed by atoms with Gasteiger partial charge in [-0.15, -0.1) is 23.1 Å². The minimum Gasteiger partial charge on any atom is -0.326 e. The summed E-state index contributed by atoms with van der Waals surface area (Å²) < 4.78 is 0. The number of hydrogen-bond donors (Lipinski definition) is 1. The molecule has 0 aliphatic carbocycles. The van der Waals surface area contributed by atoms with E-state index >= 15 is 0 Å². The van der Waals surface area contributed by atoms with Gasteiger partial charge in [0.15, 0.2) is 0 Å². The number of rotatable bonds is 5. The van der Waals surface area contributed by atoms with Gasteiger partial charge >= 0.3 is 0 Å². The molecule has 0 spiro atoms. The molecule has 0 saturated heterocycles. The third kappa shape index (κ3) is 3.76. The van der Waals surface area contributed by atoms with Crippen LogP contribution in [0.15, 0.2) is 40.6 Å². The van der Waals surface area contributed by atoms with E-state index in [1.807, 2.05) is 30.0 Å². The average molecular weight is 312 g/mol. The number of halogens is 1. The van der Waals surface area contributed by atoms with Crippen LogP contribution in [0.5, 0.6) is 0 Å². The molecule has 19 heavy (non-hydrogen) atoms. The molecule has 2 atom stereocenters. The number of aryl methyl sites for hydroxylation is 1. The average Bonchev–Trinajstić information content (AvgIpc) is 2.81. The molecule has 0 aliphatic heterocycles. The van der Waals surface area contributed by atoms with Crippen LogP contribution in [0.4, 0.5) is 0 Å². The monoisotopic (exact) mass is 311 g/mol. The van der Waals surface area contributed by atoms with Crippen LogP contribution in [0.25, 0.3) is 0 Å². The van der Waals surface area contributed by atoms with Crippen molar-refractivity contribution in [3.8, 4) is 0 Å². The van der Waals surface area contributed by atoms with E-state index in [-0.39, 0.29) is 6.04 Å². The topological polar surface area (TPSA) is 26.0 Å². The lowest BCUT2D eigenvalue weighted by Gasteiger charge is -2.22. The number of benzene rings is 1. The fraction of sp³-hybridized carbons (Fsp3) is 0.333. The molecule has 0 saturated carbocycles. The van der Waals surface area contributed by atoms with Gasteiger partial charge in [-0.3, -0.25) is 0 Å². The minimum atomic E-state index is 0.154. The Morgan fingerprint density at radius 2 is 2.16 bits per heavy atom. The fourth-order valence-corrected chi connectivity index (χ4v) is 4.77. The van der Waals surface area contributed by atoms with Crippen molar-refractivity contribution >= 4 is 34.7 Å². The van der Waals surface area contributed by atoms with Gasteiger partial charge in [-0.05, 0) is 48.6 Å². The molecular weight excluding hydrogens is 294 g/mol. The first-order chi connectivity index (χ1) is 9.11. The van der Waals surface area contributed by atoms with Gasteiger partial charge in [0, 0.05) is 20.8 Å². The predicted molar refractivity (Wildman–Crippen MR) is 87.4 cm³/mol. The van der Waals surface area contributed by atoms with Gasteiger partial charge in [-0.25, -0.2) is 0 Å². The zero-order chi connectivity index (χ0) is 13.8. The van der Waals surface area contributed by atoms with E-state index in [0.717, 1.165) is 11.4 Å². The smallest absolute Gasteiger partial charge is 0.0591 e. The van der Waals surface area contributed by atoms with Gasteiger partial charge in [-0.1, -0.05) is 24.6 Å². The number of hydrogen-bond acceptors (Lipinski definition) is 3. The van der Waals surface area contributed by atoms with Crippen LogP contribution in [0.2, 0.25) is 5.02 Å². The van der Waals surface area contributed by atoms with E-state index in [0.29, 0.717) is 5.25 Å². The second kappa shape index (κ2) is 6.80. The van der Waals surface area contributed by atoms with Crippen molar-refractivity contribution in [2.45, 2.75) is 36.5 Å². The van der Waals surface area contributed by atoms with Crippen LogP contribution in [0, 0.1) is 6.92 Å². The normalized spacial score (nSPS) is 14.3. The maximum atomic E-state index is 6.32. The fourth-order valence-electron chi connectivity index (χ4n) is 1.91. The molecular formula is C15H18ClNS2. The lowest BCUT2D eigenvalue weighted by atomic mass is 10.1. The van der Waals surface area contributed by atoms with Gasteiger partial charge < -0.3 is 5.73 Å². The van der Waals surface area contributed by atoms with Crippen molar-refractivity contribution in [1.29, 1.82) is 0 Å². The summed E-state index contributed by atoms with van der Waals surface area (Å²) in [5.41, 5.74) is 7.64. The highest BCUT2D eigenvalue weighted by Crippen LogP contribution is 2.42. The molecule has 1 aromatic heterocycles. The van der Waals surface area contributed by atoms with Crippen molar-refractivity contribution in [3.63, 3.8) is 0 Å². The summed E-state index contributed by atoms with van der Waals surface area (Å²) in [5.74, 6) is 0. The highest BCUT2D eigenvalue weighted by Gasteiger charge is 2.22. The van der Waals surface area contributed by atoms with Crippen LogP contribution < -0.4 is 5.73 Å². The largest absolute Gasteiger partial charge is 0.326 e. The number of thiophene rings is 1. The summed E-state index contributed by atoms with van der Waals surface area (Å²) >= 11 is 9.66. The molecule has 0 radical (unpaired) electrons. The zero-order valence-electron chi connectivity index (χ0n) is 11.1. The molecule has 1 heterocycles. The van der Waals surface area contributed by atoms with E-state index < -0.39 is 0 Å². The molecule has 1 nitrogen and oxygen atoms in total. The molecule has 1 aromatic carbocycles. The molecule has 0 fully saturated rings. The molecule has 102 valence electrons. The first kappa shape index (κ1) is 14.9. The van der Waals surface area contributed by atoms with Crippen LogP contribution in [0.3, 0.4) is 0 Å². The Kier molecular flexibility index (Phi) is 5.34. The standard InChI is InChI=1S/C15H18ClNS2/c1-3-13(17)15(14-10(2)7-8-18-14)19-12-6-4-5-11(16)9-12/h4-9,13,15H,3,17H2,1-2H3. The van der Waals surface area contributed by atoms with Gasteiger partial charge in [-0.2, -0.15) is 0 Å². The number of nitrogens with two attached hydrogens (primary N) is 1. The van der Waals surface area contributed by atoms with Crippen molar-refractivity contribution in [2.24, 2.45) is 5.73 Å². The molecule has 0 amide bonds. The second-order valence-electron chi connectivity index (χ2n) is 4.54. The van der Waals surface area contributed by atoms with Crippen LogP contribution in [-0.2, 0) is 0 Å². The molecule has 2 rings (SSSR count). The zero-order valence-corrected chi connectivity index (χ0v) is 13.5. The SMILES string of the molecule is CCC(N)C(Sc1cccc(Cl)c1)c1sccc1C. The summed E-state index contributed by atoms with van der Waals surface area (Å²) in [6.45, 7) is 4.29. The quantitative estimate of drug-likeness (QED) is 0.760. The first-order valence-electron chi connectivity index (χ1n) is 6.33. The molecule has 0 aliphatic rings. The minimum absolute atomic E-state index is 0.154. The van der Waals surface area contributed by atoms with Crippen LogP contribution in [0.1, 0.15) is 29.0 Å². The summed E-state index contributed by atoms with van der Waals surface area (Å²) in [7, 11) is 0. The molecule has 2 N–H and O–H groups in total. The summed E-state index contributed by atoms with van der Waals surface area (Å²) in [5, 5.41) is 3.21. The second-order valence-corrected chi connectivity index (χ2v) is 7.13. The third-order valence-corrected chi connectivity index (χ3v) is 5.93. The first-order valence-corrected chi connectivity index (χ1v) is 8.47. The third-order valence-electron chi connectivity index (χ3n) is 3.08. The van der Waals surface area contributed by atoms with Crippen LogP contribution in [-0.4, -0.2) is 6.04 Å². The van der Waals surface area contributed by atoms with Crippen molar-refractivity contribution in [1.82, 2.24) is 0 Å². The van der Waals surface area contributed by atoms with E-state index in [2.05, 4.69) is 31.4 Å². The van der Waals surface area contributed by atoms with Crippen molar-refractivity contribution < 1.29 is 0 Å². The number of thioether (sulfide) groups is 1. The maximum Gasteiger partial charge on any atom is 0.0591 e. The molecule has 2 aromatic rings. The summed E-state index contributed by atoms with van der Waals surface area (Å²) in [4.78, 5) is 2.55.